The van der Waals surface area contributed by atoms with Crippen molar-refractivity contribution in [3.63, 3.8) is 0 Å². The van der Waals surface area contributed by atoms with Gasteiger partial charge >= 0.3 is 0 Å². The van der Waals surface area contributed by atoms with Crippen LogP contribution in [0.15, 0.2) is 192 Å². The molecule has 1 aliphatic heterocycles. The van der Waals surface area contributed by atoms with Crippen molar-refractivity contribution in [2.45, 2.75) is 25.9 Å². The van der Waals surface area contributed by atoms with E-state index < -0.39 is 6.17 Å². The molecule has 0 saturated heterocycles. The predicted octanol–water partition coefficient (Wildman–Crippen LogP) is 13.0. The molecule has 1 unspecified atom stereocenters. The van der Waals surface area contributed by atoms with Gasteiger partial charge in [0.25, 0.3) is 0 Å². The Morgan fingerprint density at radius 1 is 0.714 bits per heavy atom. The van der Waals surface area contributed by atoms with Gasteiger partial charge in [0.15, 0.2) is 5.84 Å². The molecule has 0 fully saturated rings. The maximum Gasteiger partial charge on any atom is 0.160 e. The zero-order valence-electron chi connectivity index (χ0n) is 31.1. The van der Waals surface area contributed by atoms with E-state index >= 15 is 0 Å². The number of nitrogens with one attached hydrogen (secondary N) is 1. The molecule has 0 radical (unpaired) electrons. The minimum atomic E-state index is -0.396. The molecule has 2 heterocycles. The molecule has 1 atom stereocenters. The predicted molar refractivity (Wildman–Crippen MR) is 240 cm³/mol. The van der Waals surface area contributed by atoms with Crippen molar-refractivity contribution in [1.82, 2.24) is 5.32 Å². The minimum Gasteiger partial charge on any atom is -0.344 e. The fraction of sp³-hybridized carbons (Fsp3) is 0.0769. The van der Waals surface area contributed by atoms with Gasteiger partial charge < -0.3 is 5.32 Å². The molecule has 268 valence electrons. The fourth-order valence-corrected chi connectivity index (χ4v) is 8.92. The topological polar surface area (TPSA) is 36.8 Å². The van der Waals surface area contributed by atoms with Crippen LogP contribution in [0.25, 0.3) is 59.1 Å². The Morgan fingerprint density at radius 2 is 1.46 bits per heavy atom. The van der Waals surface area contributed by atoms with E-state index in [0.29, 0.717) is 5.84 Å². The van der Waals surface area contributed by atoms with Crippen molar-refractivity contribution in [3.8, 4) is 45.7 Å². The third-order valence-corrected chi connectivity index (χ3v) is 11.7. The summed E-state index contributed by atoms with van der Waals surface area (Å²) in [6.07, 6.45) is 19.8. The van der Waals surface area contributed by atoms with E-state index in [1.165, 1.54) is 48.2 Å². The number of fused-ring (bicyclic) bond motifs is 3. The lowest BCUT2D eigenvalue weighted by molar-refractivity contribution is 0.730. The maximum atomic E-state index is 5.68. The highest BCUT2D eigenvalue weighted by Crippen LogP contribution is 2.42. The first-order valence-electron chi connectivity index (χ1n) is 19.1. The molecular weight excluding hydrogens is 699 g/mol. The SMILES string of the molecule is C#C/C=C\C(=C/C)C1N=C(c2cccc3sc4ccc(-c5cc(-c6ccccc6)ccc5C5=CC=CCC5)cc4c23)N=C(c2ccccc2-c2ccccc2)N1. The largest absolute Gasteiger partial charge is 0.344 e. The smallest absolute Gasteiger partial charge is 0.160 e. The Labute approximate surface area is 332 Å². The van der Waals surface area contributed by atoms with Crippen LogP contribution in [0.2, 0.25) is 0 Å². The summed E-state index contributed by atoms with van der Waals surface area (Å²) < 4.78 is 2.43. The number of terminal acetylenes is 1. The molecule has 1 aromatic heterocycles. The van der Waals surface area contributed by atoms with Gasteiger partial charge in [-0.3, -0.25) is 0 Å². The summed E-state index contributed by atoms with van der Waals surface area (Å²) in [6.45, 7) is 2.02. The number of rotatable bonds is 8. The van der Waals surface area contributed by atoms with E-state index in [2.05, 4.69) is 169 Å². The Morgan fingerprint density at radius 3 is 2.23 bits per heavy atom. The first kappa shape index (κ1) is 34.9. The molecule has 6 aromatic carbocycles. The van der Waals surface area contributed by atoms with Crippen LogP contribution in [-0.2, 0) is 0 Å². The highest BCUT2D eigenvalue weighted by molar-refractivity contribution is 7.25. The average Bonchev–Trinajstić information content (AvgIpc) is 3.65. The van der Waals surface area contributed by atoms with E-state index in [4.69, 9.17) is 16.4 Å². The van der Waals surface area contributed by atoms with Crippen molar-refractivity contribution < 1.29 is 0 Å². The van der Waals surface area contributed by atoms with Gasteiger partial charge in [-0.2, -0.15) is 0 Å². The van der Waals surface area contributed by atoms with Gasteiger partial charge in [0.1, 0.15) is 12.0 Å². The van der Waals surface area contributed by atoms with Gasteiger partial charge in [0, 0.05) is 31.3 Å². The summed E-state index contributed by atoms with van der Waals surface area (Å²) in [5.41, 5.74) is 12.7. The summed E-state index contributed by atoms with van der Waals surface area (Å²) in [5, 5.41) is 6.03. The molecule has 7 aromatic rings. The Hall–Kier alpha value is -6.80. The van der Waals surface area contributed by atoms with Gasteiger partial charge in [0.05, 0.1) is 0 Å². The van der Waals surface area contributed by atoms with Crippen LogP contribution in [0.3, 0.4) is 0 Å². The van der Waals surface area contributed by atoms with Gasteiger partial charge in [-0.1, -0.05) is 145 Å². The fourth-order valence-electron chi connectivity index (χ4n) is 7.81. The third-order valence-electron chi connectivity index (χ3n) is 10.6. The van der Waals surface area contributed by atoms with Crippen molar-refractivity contribution in [2.75, 3.05) is 0 Å². The molecule has 9 rings (SSSR count). The number of nitrogens with zero attached hydrogens (tertiary/aromatic N) is 2. The van der Waals surface area contributed by atoms with Crippen LogP contribution in [-0.4, -0.2) is 17.8 Å². The molecule has 3 nitrogen and oxygen atoms in total. The second-order valence-corrected chi connectivity index (χ2v) is 15.0. The molecule has 0 amide bonds. The molecular formula is C52H39N3S. The standard InChI is InChI=1S/C52H39N3S/c1-3-5-18-35(4-2)50-53-51(43-26-16-15-25-41(43)37-21-11-7-12-22-37)55-52(54-50)44-27-17-28-48-49(44)46-34-40(30-32-47(46)56-48)45-33-39(36-19-9-6-10-20-36)29-31-42(45)38-23-13-8-14-24-38/h1,4-13,15-23,25-34,50H,14,24H2,2H3,(H,53,54,55)/b18-5-,35-4+. The number of thiophene rings is 1. The van der Waals surface area contributed by atoms with Crippen molar-refractivity contribution >= 4 is 48.8 Å². The van der Waals surface area contributed by atoms with Gasteiger partial charge in [-0.15, -0.1) is 17.8 Å². The molecule has 2 aliphatic rings. The van der Waals surface area contributed by atoms with E-state index in [-0.39, 0.29) is 0 Å². The van der Waals surface area contributed by atoms with E-state index in [1.807, 2.05) is 30.4 Å². The summed E-state index contributed by atoms with van der Waals surface area (Å²) >= 11 is 1.81. The highest BCUT2D eigenvalue weighted by atomic mass is 32.1. The van der Waals surface area contributed by atoms with Crippen molar-refractivity contribution in [1.29, 1.82) is 0 Å². The van der Waals surface area contributed by atoms with Gasteiger partial charge in [-0.25, -0.2) is 9.98 Å². The van der Waals surface area contributed by atoms with Gasteiger partial charge in [-0.05, 0) is 106 Å². The van der Waals surface area contributed by atoms with Gasteiger partial charge in [0.2, 0.25) is 0 Å². The minimum absolute atomic E-state index is 0.396. The van der Waals surface area contributed by atoms with E-state index in [0.717, 1.165) is 51.9 Å². The van der Waals surface area contributed by atoms with E-state index in [9.17, 15) is 0 Å². The first-order valence-corrected chi connectivity index (χ1v) is 19.9. The third kappa shape index (κ3) is 6.75. The van der Waals surface area contributed by atoms with Crippen LogP contribution in [0.1, 0.15) is 36.5 Å². The lowest BCUT2D eigenvalue weighted by Gasteiger charge is -2.25. The quantitative estimate of drug-likeness (QED) is 0.122. The summed E-state index contributed by atoms with van der Waals surface area (Å²) in [4.78, 5) is 10.7. The number of amidine groups is 2. The van der Waals surface area contributed by atoms with Crippen molar-refractivity contribution in [3.05, 3.63) is 198 Å². The van der Waals surface area contributed by atoms with Crippen LogP contribution >= 0.6 is 11.3 Å². The molecule has 4 heteroatoms. The number of hydrogen-bond donors (Lipinski definition) is 1. The average molecular weight is 738 g/mol. The zero-order valence-corrected chi connectivity index (χ0v) is 31.9. The second kappa shape index (κ2) is 15.5. The summed E-state index contributed by atoms with van der Waals surface area (Å²) in [7, 11) is 0. The first-order chi connectivity index (χ1) is 27.7. The molecule has 0 saturated carbocycles. The number of aliphatic imine (C=N–C) groups is 2. The molecule has 56 heavy (non-hydrogen) atoms. The highest BCUT2D eigenvalue weighted by Gasteiger charge is 2.25. The van der Waals surface area contributed by atoms with Crippen LogP contribution in [0.5, 0.6) is 0 Å². The molecule has 1 N–H and O–H groups in total. The van der Waals surface area contributed by atoms with E-state index in [1.54, 1.807) is 6.08 Å². The van der Waals surface area contributed by atoms with Crippen LogP contribution < -0.4 is 5.32 Å². The Bertz CT molecular complexity index is 2840. The molecule has 0 spiro atoms. The van der Waals surface area contributed by atoms with Crippen molar-refractivity contribution in [2.24, 2.45) is 9.98 Å². The summed E-state index contributed by atoms with van der Waals surface area (Å²) in [6, 6.07) is 49.9. The molecule has 0 bridgehead atoms. The normalized spacial score (nSPS) is 15.7. The summed E-state index contributed by atoms with van der Waals surface area (Å²) in [5.74, 6) is 4.10. The molecule has 1 aliphatic carbocycles. The Balaban J connectivity index is 1.24. The Kier molecular flexibility index (Phi) is 9.68. The number of hydrogen-bond acceptors (Lipinski definition) is 4. The van der Waals surface area contributed by atoms with Crippen LogP contribution in [0.4, 0.5) is 0 Å². The lowest BCUT2D eigenvalue weighted by atomic mass is 9.87. The number of allylic oxidation sites excluding steroid dienone is 6. The lowest BCUT2D eigenvalue weighted by Crippen LogP contribution is -2.40. The number of benzene rings is 6. The zero-order chi connectivity index (χ0) is 37.8. The second-order valence-electron chi connectivity index (χ2n) is 13.9. The monoisotopic (exact) mass is 737 g/mol. The van der Waals surface area contributed by atoms with Crippen LogP contribution in [0, 0.1) is 12.3 Å². The maximum absolute atomic E-state index is 5.68.